The summed E-state index contributed by atoms with van der Waals surface area (Å²) in [4.78, 5) is 10.7. The van der Waals surface area contributed by atoms with E-state index < -0.39 is 0 Å². The van der Waals surface area contributed by atoms with Crippen LogP contribution < -0.4 is 0 Å². The van der Waals surface area contributed by atoms with Crippen LogP contribution in [0.4, 0.5) is 0 Å². The highest BCUT2D eigenvalue weighted by Crippen LogP contribution is 2.35. The number of hydrogen-bond acceptors (Lipinski definition) is 3. The first-order valence-electron chi connectivity index (χ1n) is 8.91. The van der Waals surface area contributed by atoms with Gasteiger partial charge in [-0.25, -0.2) is 9.97 Å². The maximum atomic E-state index is 4.15. The summed E-state index contributed by atoms with van der Waals surface area (Å²) in [5.41, 5.74) is 7.65. The van der Waals surface area contributed by atoms with Crippen LogP contribution in [0, 0.1) is 0 Å². The fourth-order valence-electron chi connectivity index (χ4n) is 4.02. The molecule has 1 unspecified atom stereocenters. The molecule has 128 valence electrons. The number of aromatic nitrogens is 3. The Morgan fingerprint density at radius 2 is 1.88 bits per heavy atom. The van der Waals surface area contributed by atoms with Crippen molar-refractivity contribution in [1.29, 1.82) is 0 Å². The predicted molar refractivity (Wildman–Crippen MR) is 103 cm³/mol. The van der Waals surface area contributed by atoms with Gasteiger partial charge in [0, 0.05) is 54.9 Å². The fraction of sp³-hybridized carbons (Fsp3) is 0.182. The number of hydrogen-bond donors (Lipinski definition) is 0. The first kappa shape index (κ1) is 15.3. The minimum absolute atomic E-state index is 0.386. The molecule has 4 heteroatoms. The zero-order valence-electron chi connectivity index (χ0n) is 14.7. The third kappa shape index (κ3) is 2.59. The van der Waals surface area contributed by atoms with Crippen molar-refractivity contribution in [2.75, 3.05) is 13.6 Å². The standard InChI is InChI=1S/C22H20N4/c1-25-12-18-9-16(19-10-23-15-24-11-19)5-7-21(18)22(14-25)17-4-6-20-3-2-8-26(20)13-17/h2-11,13,15,22H,12,14H2,1H3. The van der Waals surface area contributed by atoms with E-state index in [2.05, 4.69) is 81.2 Å². The second kappa shape index (κ2) is 6.07. The fourth-order valence-corrected chi connectivity index (χ4v) is 4.02. The van der Waals surface area contributed by atoms with Gasteiger partial charge in [0.2, 0.25) is 0 Å². The quantitative estimate of drug-likeness (QED) is 0.553. The zero-order valence-corrected chi connectivity index (χ0v) is 14.7. The van der Waals surface area contributed by atoms with Gasteiger partial charge in [-0.15, -0.1) is 0 Å². The van der Waals surface area contributed by atoms with E-state index in [0.717, 1.165) is 18.7 Å². The van der Waals surface area contributed by atoms with Crippen molar-refractivity contribution >= 4 is 5.52 Å². The molecule has 0 radical (unpaired) electrons. The van der Waals surface area contributed by atoms with Gasteiger partial charge < -0.3 is 9.30 Å². The molecule has 0 N–H and O–H groups in total. The SMILES string of the molecule is CN1Cc2cc(-c3cncnc3)ccc2C(c2ccc3cccn3c2)C1. The van der Waals surface area contributed by atoms with Crippen molar-refractivity contribution in [1.82, 2.24) is 19.3 Å². The van der Waals surface area contributed by atoms with Crippen molar-refractivity contribution in [2.24, 2.45) is 0 Å². The highest BCUT2D eigenvalue weighted by molar-refractivity contribution is 5.64. The minimum atomic E-state index is 0.386. The third-order valence-electron chi connectivity index (χ3n) is 5.30. The molecule has 1 aliphatic rings. The summed E-state index contributed by atoms with van der Waals surface area (Å²) < 4.78 is 2.21. The molecule has 4 nitrogen and oxygen atoms in total. The van der Waals surface area contributed by atoms with Gasteiger partial charge in [0.1, 0.15) is 6.33 Å². The van der Waals surface area contributed by atoms with E-state index in [0.29, 0.717) is 5.92 Å². The van der Waals surface area contributed by atoms with E-state index >= 15 is 0 Å². The van der Waals surface area contributed by atoms with Gasteiger partial charge in [0.25, 0.3) is 0 Å². The van der Waals surface area contributed by atoms with E-state index in [-0.39, 0.29) is 0 Å². The summed E-state index contributed by atoms with van der Waals surface area (Å²) in [6, 6.07) is 15.5. The lowest BCUT2D eigenvalue weighted by Gasteiger charge is -2.33. The normalized spacial score (nSPS) is 17.3. The number of fused-ring (bicyclic) bond motifs is 2. The van der Waals surface area contributed by atoms with Gasteiger partial charge >= 0.3 is 0 Å². The number of benzene rings is 1. The Bertz CT molecular complexity index is 1070. The molecule has 0 spiro atoms. The number of rotatable bonds is 2. The number of pyridine rings is 1. The molecular weight excluding hydrogens is 320 g/mol. The first-order chi connectivity index (χ1) is 12.8. The molecule has 1 aliphatic heterocycles. The Balaban J connectivity index is 1.59. The van der Waals surface area contributed by atoms with E-state index in [4.69, 9.17) is 0 Å². The molecule has 0 fully saturated rings. The van der Waals surface area contributed by atoms with Gasteiger partial charge in [-0.2, -0.15) is 0 Å². The molecule has 5 rings (SSSR count). The molecule has 0 amide bonds. The molecule has 0 saturated carbocycles. The summed E-state index contributed by atoms with van der Waals surface area (Å²) >= 11 is 0. The summed E-state index contributed by atoms with van der Waals surface area (Å²) in [6.45, 7) is 2.01. The lowest BCUT2D eigenvalue weighted by molar-refractivity contribution is 0.295. The molecule has 0 bridgehead atoms. The summed E-state index contributed by atoms with van der Waals surface area (Å²) in [6.07, 6.45) is 9.70. The zero-order chi connectivity index (χ0) is 17.5. The topological polar surface area (TPSA) is 33.4 Å². The van der Waals surface area contributed by atoms with Crippen LogP contribution >= 0.6 is 0 Å². The van der Waals surface area contributed by atoms with Crippen LogP contribution in [-0.4, -0.2) is 32.9 Å². The van der Waals surface area contributed by atoms with Crippen molar-refractivity contribution < 1.29 is 0 Å². The maximum Gasteiger partial charge on any atom is 0.115 e. The van der Waals surface area contributed by atoms with Crippen LogP contribution in [0.25, 0.3) is 16.6 Å². The Hall–Kier alpha value is -2.98. The molecule has 0 saturated heterocycles. The lowest BCUT2D eigenvalue weighted by Crippen LogP contribution is -2.31. The molecule has 1 aromatic carbocycles. The van der Waals surface area contributed by atoms with Crippen molar-refractivity contribution in [2.45, 2.75) is 12.5 Å². The lowest BCUT2D eigenvalue weighted by atomic mass is 9.84. The molecule has 0 aliphatic carbocycles. The van der Waals surface area contributed by atoms with Crippen LogP contribution in [0.15, 0.2) is 73.6 Å². The number of likely N-dealkylation sites (N-methyl/N-ethyl adjacent to an activating group) is 1. The Labute approximate surface area is 152 Å². The van der Waals surface area contributed by atoms with Gasteiger partial charge in [-0.05, 0) is 53.6 Å². The minimum Gasteiger partial charge on any atom is -0.324 e. The molecule has 3 aromatic heterocycles. The van der Waals surface area contributed by atoms with Crippen molar-refractivity contribution in [3.8, 4) is 11.1 Å². The van der Waals surface area contributed by atoms with E-state index in [1.54, 1.807) is 6.33 Å². The summed E-state index contributed by atoms with van der Waals surface area (Å²) in [5, 5.41) is 0. The molecular formula is C22H20N4. The van der Waals surface area contributed by atoms with Crippen LogP contribution in [0.5, 0.6) is 0 Å². The molecule has 4 heterocycles. The maximum absolute atomic E-state index is 4.15. The Morgan fingerprint density at radius 1 is 1.00 bits per heavy atom. The third-order valence-corrected chi connectivity index (χ3v) is 5.30. The highest BCUT2D eigenvalue weighted by atomic mass is 15.1. The first-order valence-corrected chi connectivity index (χ1v) is 8.91. The van der Waals surface area contributed by atoms with Gasteiger partial charge in [-0.3, -0.25) is 0 Å². The van der Waals surface area contributed by atoms with Crippen LogP contribution in [0.1, 0.15) is 22.6 Å². The van der Waals surface area contributed by atoms with Crippen LogP contribution in [0.2, 0.25) is 0 Å². The largest absolute Gasteiger partial charge is 0.324 e. The highest BCUT2D eigenvalue weighted by Gasteiger charge is 2.25. The number of nitrogens with zero attached hydrogens (tertiary/aromatic N) is 4. The monoisotopic (exact) mass is 340 g/mol. The van der Waals surface area contributed by atoms with Crippen LogP contribution in [0.3, 0.4) is 0 Å². The Morgan fingerprint density at radius 3 is 2.77 bits per heavy atom. The molecule has 4 aromatic rings. The predicted octanol–water partition coefficient (Wildman–Crippen LogP) is 3.97. The summed E-state index contributed by atoms with van der Waals surface area (Å²) in [7, 11) is 2.20. The van der Waals surface area contributed by atoms with E-state index in [9.17, 15) is 0 Å². The average Bonchev–Trinajstić information content (AvgIpc) is 3.15. The van der Waals surface area contributed by atoms with Gasteiger partial charge in [0.15, 0.2) is 0 Å². The van der Waals surface area contributed by atoms with E-state index in [1.165, 1.54) is 27.8 Å². The van der Waals surface area contributed by atoms with Crippen molar-refractivity contribution in [3.05, 3.63) is 90.3 Å². The van der Waals surface area contributed by atoms with E-state index in [1.807, 2.05) is 12.4 Å². The molecule has 1 atom stereocenters. The van der Waals surface area contributed by atoms with Crippen molar-refractivity contribution in [3.63, 3.8) is 0 Å². The second-order valence-corrected chi connectivity index (χ2v) is 7.09. The Kier molecular flexibility index (Phi) is 3.57. The second-order valence-electron chi connectivity index (χ2n) is 7.09. The van der Waals surface area contributed by atoms with Gasteiger partial charge in [-0.1, -0.05) is 18.2 Å². The van der Waals surface area contributed by atoms with Crippen LogP contribution in [-0.2, 0) is 6.54 Å². The summed E-state index contributed by atoms with van der Waals surface area (Å²) in [5.74, 6) is 0.386. The smallest absolute Gasteiger partial charge is 0.115 e. The van der Waals surface area contributed by atoms with Gasteiger partial charge in [0.05, 0.1) is 0 Å². The molecule has 26 heavy (non-hydrogen) atoms. The average molecular weight is 340 g/mol.